The van der Waals surface area contributed by atoms with Gasteiger partial charge in [0.15, 0.2) is 11.5 Å². The number of anilines is 2. The first-order valence-corrected chi connectivity index (χ1v) is 12.4. The molecule has 4 aliphatic rings. The number of nitrogens with zero attached hydrogens (tertiary/aromatic N) is 5. The van der Waals surface area contributed by atoms with E-state index in [9.17, 15) is 14.3 Å². The van der Waals surface area contributed by atoms with E-state index < -0.39 is 11.4 Å². The third-order valence-electron chi connectivity index (χ3n) is 7.90. The van der Waals surface area contributed by atoms with Crippen molar-refractivity contribution in [3.63, 3.8) is 0 Å². The number of imidazole rings is 1. The number of aryl methyl sites for hydroxylation is 1. The van der Waals surface area contributed by atoms with Crippen molar-refractivity contribution in [3.05, 3.63) is 53.9 Å². The zero-order chi connectivity index (χ0) is 24.7. The number of piperazine rings is 1. The van der Waals surface area contributed by atoms with Crippen LogP contribution in [0.5, 0.6) is 0 Å². The Morgan fingerprint density at radius 2 is 1.97 bits per heavy atom. The van der Waals surface area contributed by atoms with E-state index in [0.717, 1.165) is 63.1 Å². The van der Waals surface area contributed by atoms with E-state index in [1.54, 1.807) is 23.7 Å². The molecule has 9 nitrogen and oxygen atoms in total. The van der Waals surface area contributed by atoms with Gasteiger partial charge in [-0.25, -0.2) is 9.37 Å². The van der Waals surface area contributed by atoms with Crippen molar-refractivity contribution in [2.45, 2.75) is 38.3 Å². The number of nitrogens with one attached hydrogen (secondary N) is 2. The number of pyridine rings is 1. The zero-order valence-corrected chi connectivity index (χ0v) is 20.1. The summed E-state index contributed by atoms with van der Waals surface area (Å²) >= 11 is 0. The van der Waals surface area contributed by atoms with Crippen LogP contribution >= 0.6 is 0 Å². The summed E-state index contributed by atoms with van der Waals surface area (Å²) < 4.78 is 18.1. The van der Waals surface area contributed by atoms with E-state index in [0.29, 0.717) is 22.5 Å². The number of halogens is 1. The van der Waals surface area contributed by atoms with Gasteiger partial charge in [-0.2, -0.15) is 5.10 Å². The molecule has 1 amide bonds. The lowest BCUT2D eigenvalue weighted by Gasteiger charge is -2.67. The van der Waals surface area contributed by atoms with Crippen LogP contribution < -0.4 is 15.5 Å². The number of rotatable bonds is 5. The first kappa shape index (κ1) is 21.8. The highest BCUT2D eigenvalue weighted by atomic mass is 19.1. The predicted molar refractivity (Wildman–Crippen MR) is 134 cm³/mol. The van der Waals surface area contributed by atoms with Gasteiger partial charge in [-0.15, -0.1) is 0 Å². The average molecular weight is 490 g/mol. The van der Waals surface area contributed by atoms with Crippen LogP contribution in [0, 0.1) is 18.2 Å². The molecule has 1 aliphatic heterocycles. The van der Waals surface area contributed by atoms with E-state index in [2.05, 4.69) is 20.5 Å². The van der Waals surface area contributed by atoms with Crippen molar-refractivity contribution in [2.24, 2.45) is 5.41 Å². The lowest BCUT2D eigenvalue weighted by atomic mass is 9.41. The van der Waals surface area contributed by atoms with Crippen molar-refractivity contribution in [2.75, 3.05) is 36.4 Å². The Kier molecular flexibility index (Phi) is 4.53. The van der Waals surface area contributed by atoms with E-state index >= 15 is 0 Å². The van der Waals surface area contributed by atoms with E-state index in [-0.39, 0.29) is 17.0 Å². The Balaban J connectivity index is 1.24. The highest BCUT2D eigenvalue weighted by molar-refractivity contribution is 6.13. The average Bonchev–Trinajstić information content (AvgIpc) is 3.40. The maximum Gasteiger partial charge on any atom is 0.257 e. The zero-order valence-electron chi connectivity index (χ0n) is 20.1. The van der Waals surface area contributed by atoms with E-state index in [1.807, 2.05) is 23.0 Å². The summed E-state index contributed by atoms with van der Waals surface area (Å²) in [4.78, 5) is 19.9. The third kappa shape index (κ3) is 3.39. The Morgan fingerprint density at radius 3 is 2.72 bits per heavy atom. The number of hydrogen-bond acceptors (Lipinski definition) is 6. The van der Waals surface area contributed by atoms with Gasteiger partial charge in [-0.1, -0.05) is 0 Å². The molecule has 186 valence electrons. The Labute approximate surface area is 206 Å². The maximum atomic E-state index is 14.6. The van der Waals surface area contributed by atoms with Crippen molar-refractivity contribution in [1.82, 2.24) is 24.5 Å². The first-order valence-electron chi connectivity index (χ1n) is 12.4. The molecule has 0 unspecified atom stereocenters. The quantitative estimate of drug-likeness (QED) is 0.399. The molecule has 2 bridgehead atoms. The van der Waals surface area contributed by atoms with Gasteiger partial charge in [0, 0.05) is 68.5 Å². The number of fused-ring (bicyclic) bond motifs is 2. The minimum atomic E-state index is -0.496. The topological polar surface area (TPSA) is 99.7 Å². The molecule has 1 saturated heterocycles. The molecule has 0 atom stereocenters. The minimum absolute atomic E-state index is 0.115. The molecule has 3 aromatic heterocycles. The molecular formula is C26H28FN7O2. The molecule has 4 heterocycles. The smallest absolute Gasteiger partial charge is 0.257 e. The summed E-state index contributed by atoms with van der Waals surface area (Å²) in [7, 11) is 0. The molecule has 1 aromatic carbocycles. The van der Waals surface area contributed by atoms with Crippen molar-refractivity contribution in [3.8, 4) is 0 Å². The molecule has 3 aliphatic carbocycles. The van der Waals surface area contributed by atoms with Gasteiger partial charge in [0.05, 0.1) is 22.5 Å². The molecule has 3 saturated carbocycles. The molecule has 0 spiro atoms. The van der Waals surface area contributed by atoms with Crippen LogP contribution in [0.25, 0.3) is 16.6 Å². The summed E-state index contributed by atoms with van der Waals surface area (Å²) in [6, 6.07) is 5.09. The lowest BCUT2D eigenvalue weighted by Crippen LogP contribution is -2.68. The summed E-state index contributed by atoms with van der Waals surface area (Å²) in [6.45, 7) is 6.10. The Bertz CT molecular complexity index is 1510. The second-order valence-corrected chi connectivity index (χ2v) is 10.9. The Morgan fingerprint density at radius 1 is 1.19 bits per heavy atom. The molecule has 4 fully saturated rings. The molecule has 3 N–H and O–H groups in total. The van der Waals surface area contributed by atoms with Gasteiger partial charge in [0.25, 0.3) is 5.91 Å². The SMILES string of the molecule is Cc1cn2cc(NC(=O)c3ccc(N4CCNCC4)c4cn(CC56CC(O)(C5)C6)nc34)cc(F)c2n1. The molecule has 36 heavy (non-hydrogen) atoms. The standard InChI is InChI=1S/C26H28FN7O2/c1-16-9-33-10-17(8-20(27)23(33)29-16)30-24(35)18-2-3-21(32-6-4-28-5-7-32)19-11-34(31-22(18)19)15-25-12-26(36,13-25)14-25/h2-3,8-11,28,36H,4-7,12-15H2,1H3,(H,30,35). The summed E-state index contributed by atoms with van der Waals surface area (Å²) in [5, 5.41) is 22.2. The molecule has 8 rings (SSSR count). The van der Waals surface area contributed by atoms with Crippen LogP contribution in [0.1, 0.15) is 35.3 Å². The van der Waals surface area contributed by atoms with Gasteiger partial charge < -0.3 is 25.0 Å². The number of aromatic nitrogens is 4. The van der Waals surface area contributed by atoms with Crippen molar-refractivity contribution in [1.29, 1.82) is 0 Å². The molecule has 10 heteroatoms. The second-order valence-electron chi connectivity index (χ2n) is 10.9. The van der Waals surface area contributed by atoms with Gasteiger partial charge in [0.1, 0.15) is 5.52 Å². The van der Waals surface area contributed by atoms with Crippen LogP contribution in [0.15, 0.2) is 36.8 Å². The van der Waals surface area contributed by atoms with Gasteiger partial charge in [0.2, 0.25) is 0 Å². The fourth-order valence-corrected chi connectivity index (χ4v) is 6.48. The summed E-state index contributed by atoms with van der Waals surface area (Å²) in [6.07, 6.45) is 7.86. The van der Waals surface area contributed by atoms with Gasteiger partial charge >= 0.3 is 0 Å². The van der Waals surface area contributed by atoms with Gasteiger partial charge in [-0.05, 0) is 43.7 Å². The minimum Gasteiger partial charge on any atom is -0.390 e. The fraction of sp³-hybridized carbons (Fsp3) is 0.423. The van der Waals surface area contributed by atoms with E-state index in [1.165, 1.54) is 6.07 Å². The number of benzene rings is 1. The highest BCUT2D eigenvalue weighted by Crippen LogP contribution is 2.67. The third-order valence-corrected chi connectivity index (χ3v) is 7.90. The molecular weight excluding hydrogens is 461 g/mol. The van der Waals surface area contributed by atoms with Crippen LogP contribution in [-0.4, -0.2) is 62.0 Å². The number of aliphatic hydroxyl groups is 1. The number of hydrogen-bond donors (Lipinski definition) is 3. The van der Waals surface area contributed by atoms with E-state index in [4.69, 9.17) is 5.10 Å². The van der Waals surface area contributed by atoms with Crippen LogP contribution in [0.3, 0.4) is 0 Å². The largest absolute Gasteiger partial charge is 0.390 e. The summed E-state index contributed by atoms with van der Waals surface area (Å²) in [5.41, 5.74) is 3.07. The summed E-state index contributed by atoms with van der Waals surface area (Å²) in [5.74, 6) is -0.836. The van der Waals surface area contributed by atoms with Crippen molar-refractivity contribution < 1.29 is 14.3 Å². The number of carbonyl (C=O) groups excluding carboxylic acids is 1. The predicted octanol–water partition coefficient (Wildman–Crippen LogP) is 2.71. The fourth-order valence-electron chi connectivity index (χ4n) is 6.48. The van der Waals surface area contributed by atoms with Crippen LogP contribution in [-0.2, 0) is 6.54 Å². The second kappa shape index (κ2) is 7.50. The van der Waals surface area contributed by atoms with Crippen molar-refractivity contribution >= 4 is 33.8 Å². The van der Waals surface area contributed by atoms with Crippen LogP contribution in [0.2, 0.25) is 0 Å². The normalized spacial score (nSPS) is 25.1. The lowest BCUT2D eigenvalue weighted by molar-refractivity contribution is -0.265. The van der Waals surface area contributed by atoms with Crippen LogP contribution in [0.4, 0.5) is 15.8 Å². The van der Waals surface area contributed by atoms with Gasteiger partial charge in [-0.3, -0.25) is 9.48 Å². The first-order chi connectivity index (χ1) is 17.3. The monoisotopic (exact) mass is 489 g/mol. The molecule has 0 radical (unpaired) electrons. The maximum absolute atomic E-state index is 14.6. The number of amides is 1. The highest BCUT2D eigenvalue weighted by Gasteiger charge is 2.67. The number of carbonyl (C=O) groups is 1. The molecule has 4 aromatic rings. The Hall–Kier alpha value is -3.50.